The van der Waals surface area contributed by atoms with E-state index in [1.54, 1.807) is 0 Å². The largest absolute Gasteiger partial charge is 0.142 e. The zero-order valence-electron chi connectivity index (χ0n) is 10.1. The van der Waals surface area contributed by atoms with Gasteiger partial charge in [-0.05, 0) is 40.4 Å². The molecule has 2 heteroatoms. The predicted molar refractivity (Wildman–Crippen MR) is 83.5 cm³/mol. The molecule has 1 heterocycles. The van der Waals surface area contributed by atoms with Gasteiger partial charge in [0.15, 0.2) is 0 Å². The number of hydrogen-bond acceptors (Lipinski definition) is 1. The zero-order valence-corrected chi connectivity index (χ0v) is 12.5. The Balaban J connectivity index is 2.02. The summed E-state index contributed by atoms with van der Waals surface area (Å²) in [6, 6.07) is 15.3. The Hall–Kier alpha value is -1.12. The van der Waals surface area contributed by atoms with Gasteiger partial charge in [0.05, 0.1) is 0 Å². The van der Waals surface area contributed by atoms with Crippen molar-refractivity contribution in [1.29, 1.82) is 0 Å². The van der Waals surface area contributed by atoms with Gasteiger partial charge in [-0.2, -0.15) is 0 Å². The van der Waals surface area contributed by atoms with E-state index < -0.39 is 0 Å². The third kappa shape index (κ3) is 2.23. The van der Waals surface area contributed by atoms with Crippen LogP contribution in [0, 0.1) is 6.92 Å². The molecule has 3 rings (SSSR count). The Bertz CT molecular complexity index is 680. The molecule has 0 N–H and O–H groups in total. The van der Waals surface area contributed by atoms with Crippen molar-refractivity contribution >= 4 is 37.4 Å². The average molecular weight is 317 g/mol. The van der Waals surface area contributed by atoms with Crippen LogP contribution in [0.15, 0.2) is 52.3 Å². The Kier molecular flexibility index (Phi) is 3.23. The molecule has 0 saturated heterocycles. The van der Waals surface area contributed by atoms with Gasteiger partial charge in [0.25, 0.3) is 0 Å². The van der Waals surface area contributed by atoms with Crippen LogP contribution in [0.1, 0.15) is 16.7 Å². The van der Waals surface area contributed by atoms with Crippen LogP contribution in [-0.2, 0) is 6.42 Å². The number of aryl methyl sites for hydroxylation is 1. The summed E-state index contributed by atoms with van der Waals surface area (Å²) in [7, 11) is 0. The summed E-state index contributed by atoms with van der Waals surface area (Å²) in [5.74, 6) is 0. The molecule has 0 unspecified atom stereocenters. The lowest BCUT2D eigenvalue weighted by molar-refractivity contribution is 1.21. The number of halogens is 1. The minimum absolute atomic E-state index is 1.00. The van der Waals surface area contributed by atoms with Crippen molar-refractivity contribution in [2.24, 2.45) is 0 Å². The zero-order chi connectivity index (χ0) is 12.5. The van der Waals surface area contributed by atoms with Gasteiger partial charge in [-0.3, -0.25) is 0 Å². The maximum atomic E-state index is 3.61. The first-order valence-electron chi connectivity index (χ1n) is 5.94. The molecule has 3 aromatic rings. The molecule has 0 radical (unpaired) electrons. The Labute approximate surface area is 119 Å². The van der Waals surface area contributed by atoms with Gasteiger partial charge < -0.3 is 0 Å². The van der Waals surface area contributed by atoms with Crippen molar-refractivity contribution in [2.75, 3.05) is 0 Å². The smallest absolute Gasteiger partial charge is 0.0389 e. The second-order valence-electron chi connectivity index (χ2n) is 4.54. The van der Waals surface area contributed by atoms with Crippen LogP contribution in [0.25, 0.3) is 10.1 Å². The molecule has 1 aromatic heterocycles. The lowest BCUT2D eigenvalue weighted by Gasteiger charge is -2.04. The first-order valence-corrected chi connectivity index (χ1v) is 7.61. The summed E-state index contributed by atoms with van der Waals surface area (Å²) in [5, 5.41) is 3.49. The summed E-state index contributed by atoms with van der Waals surface area (Å²) >= 11 is 5.42. The molecule has 0 atom stereocenters. The van der Waals surface area contributed by atoms with Gasteiger partial charge >= 0.3 is 0 Å². The van der Waals surface area contributed by atoms with Crippen LogP contribution in [0.2, 0.25) is 0 Å². The molecule has 0 nitrogen and oxygen atoms in total. The molecule has 18 heavy (non-hydrogen) atoms. The molecule has 90 valence electrons. The Morgan fingerprint density at radius 2 is 1.83 bits per heavy atom. The van der Waals surface area contributed by atoms with Crippen molar-refractivity contribution in [2.45, 2.75) is 13.3 Å². The molecular formula is C16H13BrS. The van der Waals surface area contributed by atoms with Crippen LogP contribution in [0.5, 0.6) is 0 Å². The van der Waals surface area contributed by atoms with Gasteiger partial charge in [-0.1, -0.05) is 48.0 Å². The van der Waals surface area contributed by atoms with E-state index in [2.05, 4.69) is 70.7 Å². The summed E-state index contributed by atoms with van der Waals surface area (Å²) < 4.78 is 2.60. The topological polar surface area (TPSA) is 0 Å². The maximum absolute atomic E-state index is 3.61. The van der Waals surface area contributed by atoms with Gasteiger partial charge in [0.1, 0.15) is 0 Å². The summed E-state index contributed by atoms with van der Waals surface area (Å²) in [6.45, 7) is 2.13. The van der Waals surface area contributed by atoms with Crippen LogP contribution in [0.4, 0.5) is 0 Å². The monoisotopic (exact) mass is 316 g/mol. The van der Waals surface area contributed by atoms with Gasteiger partial charge in [-0.25, -0.2) is 0 Å². The fraction of sp³-hybridized carbons (Fsp3) is 0.125. The highest BCUT2D eigenvalue weighted by Crippen LogP contribution is 2.33. The van der Waals surface area contributed by atoms with Crippen molar-refractivity contribution in [3.63, 3.8) is 0 Å². The van der Waals surface area contributed by atoms with E-state index in [1.165, 1.54) is 31.2 Å². The normalized spacial score (nSPS) is 11.0. The minimum atomic E-state index is 1.00. The molecule has 0 bridgehead atoms. The highest BCUT2D eigenvalue weighted by molar-refractivity contribution is 9.10. The summed E-state index contributed by atoms with van der Waals surface area (Å²) in [5.41, 5.74) is 4.10. The summed E-state index contributed by atoms with van der Waals surface area (Å²) in [4.78, 5) is 0. The number of thiophene rings is 1. The second-order valence-corrected chi connectivity index (χ2v) is 6.27. The van der Waals surface area contributed by atoms with E-state index in [-0.39, 0.29) is 0 Å². The van der Waals surface area contributed by atoms with Crippen LogP contribution in [0.3, 0.4) is 0 Å². The van der Waals surface area contributed by atoms with E-state index in [0.29, 0.717) is 0 Å². The standard InChI is InChI=1S/C16H13BrS/c1-11-5-7-12(8-6-11)9-13-3-2-4-14-15(17)10-18-16(13)14/h2-8,10H,9H2,1H3. The van der Waals surface area contributed by atoms with Crippen molar-refractivity contribution < 1.29 is 0 Å². The molecule has 0 aliphatic heterocycles. The minimum Gasteiger partial charge on any atom is -0.142 e. The molecule has 0 fully saturated rings. The molecule has 0 aliphatic rings. The van der Waals surface area contributed by atoms with Crippen LogP contribution < -0.4 is 0 Å². The van der Waals surface area contributed by atoms with Crippen molar-refractivity contribution in [3.8, 4) is 0 Å². The molecular weight excluding hydrogens is 304 g/mol. The SMILES string of the molecule is Cc1ccc(Cc2cccc3c(Br)csc23)cc1. The number of hydrogen-bond donors (Lipinski definition) is 0. The lowest BCUT2D eigenvalue weighted by Crippen LogP contribution is -1.88. The highest BCUT2D eigenvalue weighted by Gasteiger charge is 2.06. The quantitative estimate of drug-likeness (QED) is 0.580. The molecule has 0 spiro atoms. The van der Waals surface area contributed by atoms with E-state index in [4.69, 9.17) is 0 Å². The summed E-state index contributed by atoms with van der Waals surface area (Å²) in [6.07, 6.45) is 1.00. The van der Waals surface area contributed by atoms with Gasteiger partial charge in [0, 0.05) is 19.9 Å². The molecule has 0 aliphatic carbocycles. The van der Waals surface area contributed by atoms with E-state index >= 15 is 0 Å². The third-order valence-corrected chi connectivity index (χ3v) is 5.18. The third-order valence-electron chi connectivity index (χ3n) is 3.15. The van der Waals surface area contributed by atoms with E-state index in [9.17, 15) is 0 Å². The van der Waals surface area contributed by atoms with Gasteiger partial charge in [-0.15, -0.1) is 11.3 Å². The number of benzene rings is 2. The van der Waals surface area contributed by atoms with Crippen LogP contribution in [-0.4, -0.2) is 0 Å². The average Bonchev–Trinajstić information content (AvgIpc) is 2.76. The molecule has 2 aromatic carbocycles. The lowest BCUT2D eigenvalue weighted by atomic mass is 10.0. The van der Waals surface area contributed by atoms with Gasteiger partial charge in [0.2, 0.25) is 0 Å². The predicted octanol–water partition coefficient (Wildman–Crippen LogP) is 5.56. The first-order chi connectivity index (χ1) is 8.74. The number of rotatable bonds is 2. The Morgan fingerprint density at radius 3 is 2.61 bits per heavy atom. The second kappa shape index (κ2) is 4.87. The van der Waals surface area contributed by atoms with Crippen LogP contribution >= 0.6 is 27.3 Å². The number of fused-ring (bicyclic) bond motifs is 1. The van der Waals surface area contributed by atoms with E-state index in [0.717, 1.165) is 6.42 Å². The maximum Gasteiger partial charge on any atom is 0.0389 e. The highest BCUT2D eigenvalue weighted by atomic mass is 79.9. The fourth-order valence-corrected chi connectivity index (χ4v) is 3.84. The van der Waals surface area contributed by atoms with Crippen molar-refractivity contribution in [1.82, 2.24) is 0 Å². The Morgan fingerprint density at radius 1 is 1.06 bits per heavy atom. The molecule has 0 amide bonds. The van der Waals surface area contributed by atoms with E-state index in [1.807, 2.05) is 11.3 Å². The molecule has 0 saturated carbocycles. The fourth-order valence-electron chi connectivity index (χ4n) is 2.15. The first kappa shape index (κ1) is 11.9. The van der Waals surface area contributed by atoms with Crippen molar-refractivity contribution in [3.05, 3.63) is 69.0 Å².